The highest BCUT2D eigenvalue weighted by molar-refractivity contribution is 5.91. The van der Waals surface area contributed by atoms with E-state index >= 15 is 0 Å². The Morgan fingerprint density at radius 1 is 1.11 bits per heavy atom. The summed E-state index contributed by atoms with van der Waals surface area (Å²) in [7, 11) is 0. The minimum atomic E-state index is -0.798. The fraction of sp³-hybridized carbons (Fsp3) is 0.429. The van der Waals surface area contributed by atoms with Crippen molar-refractivity contribution < 1.29 is 19.1 Å². The van der Waals surface area contributed by atoms with E-state index in [1.54, 1.807) is 52.0 Å². The number of nitriles is 1. The first-order chi connectivity index (χ1) is 17.1. The number of benzene rings is 2. The molecule has 1 saturated heterocycles. The number of ether oxygens (including phenoxy) is 1. The van der Waals surface area contributed by atoms with Crippen LogP contribution in [0.25, 0.3) is 0 Å². The van der Waals surface area contributed by atoms with Crippen LogP contribution in [0.4, 0.5) is 4.79 Å². The summed E-state index contributed by atoms with van der Waals surface area (Å²) in [4.78, 5) is 40.4. The quantitative estimate of drug-likeness (QED) is 0.639. The minimum absolute atomic E-state index is 0.112. The van der Waals surface area contributed by atoms with Crippen molar-refractivity contribution in [3.05, 3.63) is 71.3 Å². The summed E-state index contributed by atoms with van der Waals surface area (Å²) >= 11 is 0. The van der Waals surface area contributed by atoms with Gasteiger partial charge in [-0.15, -0.1) is 0 Å². The fourth-order valence-corrected chi connectivity index (χ4v) is 4.20. The van der Waals surface area contributed by atoms with E-state index in [4.69, 9.17) is 10.00 Å². The van der Waals surface area contributed by atoms with Crippen LogP contribution in [-0.2, 0) is 20.9 Å². The van der Waals surface area contributed by atoms with Crippen LogP contribution >= 0.6 is 0 Å². The lowest BCUT2D eigenvalue weighted by Crippen LogP contribution is -2.57. The highest BCUT2D eigenvalue weighted by Crippen LogP contribution is 2.32. The zero-order valence-corrected chi connectivity index (χ0v) is 21.3. The minimum Gasteiger partial charge on any atom is -0.444 e. The molecule has 0 bridgehead atoms. The molecule has 1 aliphatic rings. The molecular formula is C28H34N4O4. The average Bonchev–Trinajstić information content (AvgIpc) is 2.86. The summed E-state index contributed by atoms with van der Waals surface area (Å²) in [5.74, 6) is -0.615. The van der Waals surface area contributed by atoms with Crippen LogP contribution in [0.2, 0.25) is 0 Å². The molecule has 8 nitrogen and oxygen atoms in total. The Bertz CT molecular complexity index is 1100. The van der Waals surface area contributed by atoms with Crippen molar-refractivity contribution in [2.75, 3.05) is 6.54 Å². The highest BCUT2D eigenvalue weighted by atomic mass is 16.6. The van der Waals surface area contributed by atoms with E-state index in [-0.39, 0.29) is 24.3 Å². The smallest absolute Gasteiger partial charge is 0.410 e. The van der Waals surface area contributed by atoms with E-state index in [9.17, 15) is 14.4 Å². The molecule has 3 atom stereocenters. The lowest BCUT2D eigenvalue weighted by atomic mass is 9.85. The van der Waals surface area contributed by atoms with E-state index in [2.05, 4.69) is 16.7 Å². The van der Waals surface area contributed by atoms with Gasteiger partial charge in [0.2, 0.25) is 11.8 Å². The second-order valence-electron chi connectivity index (χ2n) is 10.1. The molecule has 1 aliphatic heterocycles. The van der Waals surface area contributed by atoms with Crippen molar-refractivity contribution in [2.24, 2.45) is 0 Å². The van der Waals surface area contributed by atoms with Crippen LogP contribution in [0.3, 0.4) is 0 Å². The van der Waals surface area contributed by atoms with E-state index in [0.717, 1.165) is 11.1 Å². The third kappa shape index (κ3) is 7.32. The molecule has 0 saturated carbocycles. The number of piperidine rings is 1. The molecule has 2 N–H and O–H groups in total. The number of carbonyl (C=O) groups excluding carboxylic acids is 3. The summed E-state index contributed by atoms with van der Waals surface area (Å²) in [5.41, 5.74) is 1.82. The summed E-state index contributed by atoms with van der Waals surface area (Å²) in [6.45, 7) is 7.63. The molecule has 0 spiro atoms. The third-order valence-corrected chi connectivity index (χ3v) is 6.11. The molecule has 0 radical (unpaired) electrons. The maximum Gasteiger partial charge on any atom is 0.410 e. The van der Waals surface area contributed by atoms with Gasteiger partial charge in [0.25, 0.3) is 0 Å². The topological polar surface area (TPSA) is 112 Å². The van der Waals surface area contributed by atoms with E-state index in [0.29, 0.717) is 24.9 Å². The number of amides is 3. The molecule has 0 aliphatic carbocycles. The van der Waals surface area contributed by atoms with Crippen LogP contribution in [0.15, 0.2) is 54.6 Å². The third-order valence-electron chi connectivity index (χ3n) is 6.11. The largest absolute Gasteiger partial charge is 0.444 e. The van der Waals surface area contributed by atoms with Crippen molar-refractivity contribution in [1.29, 1.82) is 5.26 Å². The number of carbonyl (C=O) groups is 3. The van der Waals surface area contributed by atoms with Crippen LogP contribution in [0.1, 0.15) is 63.1 Å². The number of hydrogen-bond acceptors (Lipinski definition) is 5. The van der Waals surface area contributed by atoms with Crippen molar-refractivity contribution in [3.8, 4) is 6.07 Å². The molecule has 2 aromatic rings. The lowest BCUT2D eigenvalue weighted by molar-refractivity contribution is -0.132. The molecule has 1 fully saturated rings. The Hall–Kier alpha value is -3.86. The monoisotopic (exact) mass is 490 g/mol. The van der Waals surface area contributed by atoms with Gasteiger partial charge < -0.3 is 15.4 Å². The van der Waals surface area contributed by atoms with Gasteiger partial charge in [0, 0.05) is 13.1 Å². The van der Waals surface area contributed by atoms with Crippen molar-refractivity contribution >= 4 is 17.9 Å². The Balaban J connectivity index is 1.67. The van der Waals surface area contributed by atoms with Gasteiger partial charge in [-0.1, -0.05) is 42.5 Å². The summed E-state index contributed by atoms with van der Waals surface area (Å²) in [5, 5.41) is 14.5. The molecule has 2 aromatic carbocycles. The van der Waals surface area contributed by atoms with Crippen LogP contribution in [0, 0.1) is 11.3 Å². The van der Waals surface area contributed by atoms with Crippen LogP contribution < -0.4 is 10.6 Å². The predicted octanol–water partition coefficient (Wildman–Crippen LogP) is 3.86. The number of rotatable bonds is 6. The van der Waals surface area contributed by atoms with Gasteiger partial charge in [-0.05, 0) is 69.7 Å². The van der Waals surface area contributed by atoms with Crippen molar-refractivity contribution in [1.82, 2.24) is 15.5 Å². The summed E-state index contributed by atoms with van der Waals surface area (Å²) < 4.78 is 5.56. The van der Waals surface area contributed by atoms with E-state index in [1.165, 1.54) is 4.90 Å². The van der Waals surface area contributed by atoms with Gasteiger partial charge in [-0.2, -0.15) is 5.26 Å². The van der Waals surface area contributed by atoms with E-state index < -0.39 is 23.8 Å². The molecule has 0 aromatic heterocycles. The molecule has 36 heavy (non-hydrogen) atoms. The molecule has 8 heteroatoms. The second-order valence-corrected chi connectivity index (χ2v) is 10.1. The number of hydrogen-bond donors (Lipinski definition) is 2. The standard InChI is InChI=1S/C28H34N4O4/c1-19(25(33)30-18-21-12-10-20(17-29)11-13-21)31-26(34)24-16-23(22-8-6-5-7-9-22)14-15-32(24)27(35)36-28(2,3)4/h5-13,19,23-24H,14-16,18H2,1-4H3,(H,30,33)(H,31,34)/t19?,23-,24+/m0/s1. The fourth-order valence-electron chi connectivity index (χ4n) is 4.20. The Morgan fingerprint density at radius 2 is 1.78 bits per heavy atom. The molecule has 1 heterocycles. The summed E-state index contributed by atoms with van der Waals surface area (Å²) in [6.07, 6.45) is 0.620. The Kier molecular flexibility index (Phi) is 8.70. The Labute approximate surface area is 212 Å². The van der Waals surface area contributed by atoms with Gasteiger partial charge >= 0.3 is 6.09 Å². The maximum atomic E-state index is 13.3. The van der Waals surface area contributed by atoms with Gasteiger partial charge in [0.15, 0.2) is 0 Å². The first kappa shape index (κ1) is 26.7. The first-order valence-electron chi connectivity index (χ1n) is 12.2. The van der Waals surface area contributed by atoms with Gasteiger partial charge in [0.1, 0.15) is 17.7 Å². The number of nitrogens with one attached hydrogen (secondary N) is 2. The number of likely N-dealkylation sites (tertiary alicyclic amines) is 1. The predicted molar refractivity (Wildman–Crippen MR) is 136 cm³/mol. The first-order valence-corrected chi connectivity index (χ1v) is 12.2. The zero-order chi connectivity index (χ0) is 26.3. The summed E-state index contributed by atoms with van der Waals surface area (Å²) in [6, 6.07) is 17.3. The molecule has 190 valence electrons. The maximum absolute atomic E-state index is 13.3. The molecular weight excluding hydrogens is 456 g/mol. The van der Waals surface area contributed by atoms with Gasteiger partial charge in [0.05, 0.1) is 11.6 Å². The lowest BCUT2D eigenvalue weighted by Gasteiger charge is -2.39. The van der Waals surface area contributed by atoms with Crippen LogP contribution in [0.5, 0.6) is 0 Å². The van der Waals surface area contributed by atoms with Gasteiger partial charge in [-0.25, -0.2) is 4.79 Å². The second kappa shape index (κ2) is 11.7. The van der Waals surface area contributed by atoms with Crippen LogP contribution in [-0.4, -0.2) is 47.0 Å². The number of nitrogens with zero attached hydrogens (tertiary/aromatic N) is 2. The van der Waals surface area contributed by atoms with E-state index in [1.807, 2.05) is 30.3 Å². The van der Waals surface area contributed by atoms with Crippen molar-refractivity contribution in [2.45, 2.75) is 70.7 Å². The van der Waals surface area contributed by atoms with Crippen molar-refractivity contribution in [3.63, 3.8) is 0 Å². The molecule has 3 amide bonds. The average molecular weight is 491 g/mol. The SMILES string of the molecule is CC(NC(=O)[C@H]1C[C@@H](c2ccccc2)CCN1C(=O)OC(C)(C)C)C(=O)NCc1ccc(C#N)cc1. The van der Waals surface area contributed by atoms with Gasteiger partial charge in [-0.3, -0.25) is 14.5 Å². The molecule has 1 unspecified atom stereocenters. The zero-order valence-electron chi connectivity index (χ0n) is 21.3. The Morgan fingerprint density at radius 3 is 2.39 bits per heavy atom. The highest BCUT2D eigenvalue weighted by Gasteiger charge is 2.39. The molecule has 3 rings (SSSR count). The normalized spacial score (nSPS) is 18.5.